The van der Waals surface area contributed by atoms with Crippen LogP contribution < -0.4 is 0 Å². The molecule has 7 heteroatoms. The van der Waals surface area contributed by atoms with Crippen molar-refractivity contribution in [3.05, 3.63) is 28.3 Å². The summed E-state index contributed by atoms with van der Waals surface area (Å²) < 4.78 is 37.7. The summed E-state index contributed by atoms with van der Waals surface area (Å²) >= 11 is 8.24. The molecule has 0 aliphatic heterocycles. The van der Waals surface area contributed by atoms with Gasteiger partial charge in [0.2, 0.25) is 0 Å². The van der Waals surface area contributed by atoms with Crippen LogP contribution in [0.25, 0.3) is 0 Å². The SMILES string of the molecule is O=C(CBr)c1cc(Cl)cc(O)c1C(F)(F)F. The van der Waals surface area contributed by atoms with Crippen molar-refractivity contribution in [1.29, 1.82) is 0 Å². The minimum atomic E-state index is -4.80. The van der Waals surface area contributed by atoms with Crippen LogP contribution in [0.2, 0.25) is 5.02 Å². The Bertz CT molecular complexity index is 431. The van der Waals surface area contributed by atoms with Gasteiger partial charge in [0.25, 0.3) is 0 Å². The van der Waals surface area contributed by atoms with Crippen LogP contribution in [0, 0.1) is 0 Å². The summed E-state index contributed by atoms with van der Waals surface area (Å²) in [7, 11) is 0. The van der Waals surface area contributed by atoms with Gasteiger partial charge in [0.15, 0.2) is 5.78 Å². The predicted octanol–water partition coefficient (Wildman–Crippen LogP) is 3.64. The van der Waals surface area contributed by atoms with Crippen LogP contribution in [0.4, 0.5) is 13.2 Å². The van der Waals surface area contributed by atoms with Crippen molar-refractivity contribution in [2.75, 3.05) is 5.33 Å². The fraction of sp³-hybridized carbons (Fsp3) is 0.222. The van der Waals surface area contributed by atoms with Crippen molar-refractivity contribution in [1.82, 2.24) is 0 Å². The molecule has 1 rings (SSSR count). The van der Waals surface area contributed by atoms with Crippen molar-refractivity contribution < 1.29 is 23.1 Å². The molecule has 16 heavy (non-hydrogen) atoms. The summed E-state index contributed by atoms with van der Waals surface area (Å²) in [6.07, 6.45) is -4.80. The number of carbonyl (C=O) groups is 1. The molecule has 0 fully saturated rings. The lowest BCUT2D eigenvalue weighted by atomic mass is 10.0. The van der Waals surface area contributed by atoms with Gasteiger partial charge in [-0.1, -0.05) is 27.5 Å². The van der Waals surface area contributed by atoms with Crippen LogP contribution in [0.3, 0.4) is 0 Å². The van der Waals surface area contributed by atoms with Crippen molar-refractivity contribution in [3.63, 3.8) is 0 Å². The second-order valence-electron chi connectivity index (χ2n) is 2.90. The summed E-state index contributed by atoms with van der Waals surface area (Å²) in [4.78, 5) is 11.3. The Morgan fingerprint density at radius 3 is 2.44 bits per heavy atom. The Morgan fingerprint density at radius 2 is 2.00 bits per heavy atom. The predicted molar refractivity (Wildman–Crippen MR) is 56.2 cm³/mol. The minimum Gasteiger partial charge on any atom is -0.507 e. The lowest BCUT2D eigenvalue weighted by Crippen LogP contribution is -2.14. The molecule has 0 atom stereocenters. The molecule has 0 aliphatic carbocycles. The number of hydrogen-bond donors (Lipinski definition) is 1. The van der Waals surface area contributed by atoms with Crippen LogP contribution >= 0.6 is 27.5 Å². The minimum absolute atomic E-state index is 0.130. The zero-order valence-electron chi connectivity index (χ0n) is 7.61. The number of carbonyl (C=O) groups excluding carboxylic acids is 1. The fourth-order valence-corrected chi connectivity index (χ4v) is 1.70. The second kappa shape index (κ2) is 4.63. The highest BCUT2D eigenvalue weighted by atomic mass is 79.9. The molecule has 88 valence electrons. The van der Waals surface area contributed by atoms with Gasteiger partial charge in [-0.15, -0.1) is 0 Å². The Kier molecular flexibility index (Phi) is 3.85. The molecule has 2 nitrogen and oxygen atoms in total. The number of aromatic hydroxyl groups is 1. The van der Waals surface area contributed by atoms with Gasteiger partial charge < -0.3 is 5.11 Å². The number of phenolic OH excluding ortho intramolecular Hbond substituents is 1. The molecule has 1 aromatic carbocycles. The van der Waals surface area contributed by atoms with Crippen molar-refractivity contribution in [2.45, 2.75) is 6.18 Å². The maximum absolute atomic E-state index is 12.6. The molecule has 0 amide bonds. The molecular weight excluding hydrogens is 312 g/mol. The number of halogens is 5. The molecule has 1 aromatic rings. The Balaban J connectivity index is 3.51. The average molecular weight is 317 g/mol. The zero-order chi connectivity index (χ0) is 12.5. The third kappa shape index (κ3) is 2.68. The van der Waals surface area contributed by atoms with E-state index in [1.54, 1.807) is 0 Å². The first-order chi connectivity index (χ1) is 7.27. The summed E-state index contributed by atoms with van der Waals surface area (Å²) in [6, 6.07) is 1.63. The highest BCUT2D eigenvalue weighted by Crippen LogP contribution is 2.40. The van der Waals surface area contributed by atoms with E-state index in [-0.39, 0.29) is 10.4 Å². The standard InChI is InChI=1S/C9H5BrClF3O2/c10-3-7(16)5-1-4(11)2-6(15)8(5)9(12,13)14/h1-2,15H,3H2. The smallest absolute Gasteiger partial charge is 0.420 e. The fourth-order valence-electron chi connectivity index (χ4n) is 1.18. The summed E-state index contributed by atoms with van der Waals surface area (Å²) in [5, 5.41) is 8.77. The lowest BCUT2D eigenvalue weighted by molar-refractivity contribution is -0.139. The van der Waals surface area contributed by atoms with Gasteiger partial charge in [-0.05, 0) is 12.1 Å². The molecule has 1 N–H and O–H groups in total. The Hall–Kier alpha value is -0.750. The monoisotopic (exact) mass is 316 g/mol. The maximum atomic E-state index is 12.6. The van der Waals surface area contributed by atoms with Gasteiger partial charge in [-0.25, -0.2) is 0 Å². The van der Waals surface area contributed by atoms with E-state index in [0.717, 1.165) is 12.1 Å². The van der Waals surface area contributed by atoms with Crippen LogP contribution in [0.5, 0.6) is 5.75 Å². The Labute approximate surface area is 102 Å². The highest BCUT2D eigenvalue weighted by molar-refractivity contribution is 9.09. The first-order valence-corrected chi connectivity index (χ1v) is 5.46. The van der Waals surface area contributed by atoms with Crippen LogP contribution in [0.1, 0.15) is 15.9 Å². The summed E-state index contributed by atoms with van der Waals surface area (Å²) in [5.74, 6) is -1.85. The lowest BCUT2D eigenvalue weighted by Gasteiger charge is -2.13. The first-order valence-electron chi connectivity index (χ1n) is 3.96. The van der Waals surface area contributed by atoms with Crippen LogP contribution in [-0.2, 0) is 6.18 Å². The van der Waals surface area contributed by atoms with Gasteiger partial charge in [0.1, 0.15) is 11.3 Å². The number of alkyl halides is 4. The number of phenols is 1. The molecule has 0 heterocycles. The van der Waals surface area contributed by atoms with E-state index < -0.39 is 28.8 Å². The molecule has 0 spiro atoms. The van der Waals surface area contributed by atoms with Crippen molar-refractivity contribution >= 4 is 33.3 Å². The van der Waals surface area contributed by atoms with Crippen molar-refractivity contribution in [2.24, 2.45) is 0 Å². The Morgan fingerprint density at radius 1 is 1.44 bits per heavy atom. The molecule has 0 aromatic heterocycles. The quantitative estimate of drug-likeness (QED) is 0.668. The zero-order valence-corrected chi connectivity index (χ0v) is 9.95. The summed E-state index contributed by atoms with van der Waals surface area (Å²) in [6.45, 7) is 0. The second-order valence-corrected chi connectivity index (χ2v) is 3.90. The van der Waals surface area contributed by atoms with Gasteiger partial charge >= 0.3 is 6.18 Å². The van der Waals surface area contributed by atoms with E-state index in [0.29, 0.717) is 0 Å². The largest absolute Gasteiger partial charge is 0.507 e. The molecule has 0 saturated heterocycles. The molecule has 0 aliphatic rings. The molecular formula is C9H5BrClF3O2. The van der Waals surface area contributed by atoms with E-state index in [2.05, 4.69) is 15.9 Å². The number of benzene rings is 1. The third-order valence-electron chi connectivity index (χ3n) is 1.79. The number of ketones is 1. The number of Topliss-reactive ketones (excluding diaryl/α,β-unsaturated/α-hetero) is 1. The molecule has 0 saturated carbocycles. The van der Waals surface area contributed by atoms with Crippen molar-refractivity contribution in [3.8, 4) is 5.75 Å². The van der Waals surface area contributed by atoms with E-state index >= 15 is 0 Å². The van der Waals surface area contributed by atoms with Crippen LogP contribution in [0.15, 0.2) is 12.1 Å². The normalized spacial score (nSPS) is 11.6. The average Bonchev–Trinajstić information content (AvgIpc) is 2.12. The van der Waals surface area contributed by atoms with Gasteiger partial charge in [-0.3, -0.25) is 4.79 Å². The van der Waals surface area contributed by atoms with Crippen LogP contribution in [-0.4, -0.2) is 16.2 Å². The summed E-state index contributed by atoms with van der Waals surface area (Å²) in [5.41, 5.74) is -2.00. The molecule has 0 radical (unpaired) electrons. The van der Waals surface area contributed by atoms with Gasteiger partial charge in [0.05, 0.1) is 5.33 Å². The van der Waals surface area contributed by atoms with E-state index in [9.17, 15) is 23.1 Å². The van der Waals surface area contributed by atoms with E-state index in [1.165, 1.54) is 0 Å². The topological polar surface area (TPSA) is 37.3 Å². The number of hydrogen-bond acceptors (Lipinski definition) is 2. The molecule has 0 unspecified atom stereocenters. The highest BCUT2D eigenvalue weighted by Gasteiger charge is 2.38. The van der Waals surface area contributed by atoms with Gasteiger partial charge in [-0.2, -0.15) is 13.2 Å². The van der Waals surface area contributed by atoms with E-state index in [4.69, 9.17) is 11.6 Å². The third-order valence-corrected chi connectivity index (χ3v) is 2.52. The van der Waals surface area contributed by atoms with E-state index in [1.807, 2.05) is 0 Å². The first kappa shape index (κ1) is 13.3. The van der Waals surface area contributed by atoms with Gasteiger partial charge in [0, 0.05) is 10.6 Å². The molecule has 0 bridgehead atoms. The maximum Gasteiger partial charge on any atom is 0.420 e. The number of rotatable bonds is 2.